The highest BCUT2D eigenvalue weighted by Crippen LogP contribution is 2.49. The second kappa shape index (κ2) is 10.9. The van der Waals surface area contributed by atoms with Gasteiger partial charge in [0.2, 0.25) is 15.0 Å². The van der Waals surface area contributed by atoms with Crippen molar-refractivity contribution in [3.05, 3.63) is 59.4 Å². The van der Waals surface area contributed by atoms with Crippen LogP contribution in [0.25, 0.3) is 11.4 Å². The van der Waals surface area contributed by atoms with Gasteiger partial charge in [-0.25, -0.2) is 23.1 Å². The molecule has 6 rings (SSSR count). The topological polar surface area (TPSA) is 117 Å². The number of aromatic nitrogens is 6. The zero-order valence-corrected chi connectivity index (χ0v) is 24.6. The fourth-order valence-corrected chi connectivity index (χ4v) is 5.79. The summed E-state index contributed by atoms with van der Waals surface area (Å²) in [7, 11) is -0.265. The van der Waals surface area contributed by atoms with Crippen LogP contribution in [0.15, 0.2) is 47.8 Å². The third kappa shape index (κ3) is 5.71. The molecular weight excluding hydrogens is 542 g/mol. The summed E-state index contributed by atoms with van der Waals surface area (Å²) in [6.07, 6.45) is 7.79. The molecule has 216 valence electrons. The lowest BCUT2D eigenvalue weighted by molar-refractivity contribution is -0.0405. The van der Waals surface area contributed by atoms with Gasteiger partial charge in [-0.15, -0.1) is 0 Å². The number of nitrogens with zero attached hydrogens (tertiary/aromatic N) is 7. The van der Waals surface area contributed by atoms with Crippen LogP contribution in [-0.4, -0.2) is 57.9 Å². The Balaban J connectivity index is 1.55. The molecule has 2 aliphatic rings. The van der Waals surface area contributed by atoms with E-state index in [0.717, 1.165) is 60.9 Å². The number of benzene rings is 1. The first-order chi connectivity index (χ1) is 19.7. The number of sulfone groups is 1. The van der Waals surface area contributed by atoms with E-state index in [1.807, 2.05) is 66.1 Å². The van der Waals surface area contributed by atoms with Crippen molar-refractivity contribution in [3.63, 3.8) is 0 Å². The zero-order valence-electron chi connectivity index (χ0n) is 23.8. The molecule has 1 saturated carbocycles. The van der Waals surface area contributed by atoms with Crippen molar-refractivity contribution >= 4 is 21.5 Å². The van der Waals surface area contributed by atoms with Gasteiger partial charge >= 0.3 is 0 Å². The van der Waals surface area contributed by atoms with Crippen molar-refractivity contribution in [1.82, 2.24) is 29.5 Å². The zero-order chi connectivity index (χ0) is 28.7. The maximum atomic E-state index is 12.9. The third-order valence-corrected chi connectivity index (χ3v) is 8.39. The molecule has 4 aromatic rings. The Kier molecular flexibility index (Phi) is 7.28. The number of rotatable bonds is 9. The fourth-order valence-electron chi connectivity index (χ4n) is 5.28. The van der Waals surface area contributed by atoms with Gasteiger partial charge in [-0.3, -0.25) is 4.68 Å². The van der Waals surface area contributed by atoms with E-state index in [-0.39, 0.29) is 17.3 Å². The van der Waals surface area contributed by atoms with E-state index in [1.54, 1.807) is 11.8 Å². The normalized spacial score (nSPS) is 17.5. The van der Waals surface area contributed by atoms with Crippen LogP contribution in [0.4, 0.5) is 11.6 Å². The highest BCUT2D eigenvalue weighted by molar-refractivity contribution is 7.90. The van der Waals surface area contributed by atoms with Crippen LogP contribution in [0.1, 0.15) is 61.1 Å². The average Bonchev–Trinajstić information content (AvgIpc) is 3.60. The first-order valence-corrected chi connectivity index (χ1v) is 15.8. The lowest BCUT2D eigenvalue weighted by atomic mass is 10.1. The first-order valence-electron chi connectivity index (χ1n) is 13.9. The predicted molar refractivity (Wildman–Crippen MR) is 154 cm³/mol. The molecular formula is C29H35N7O4S. The molecule has 1 aliphatic carbocycles. The summed E-state index contributed by atoms with van der Waals surface area (Å²) in [6.45, 7) is 3.13. The summed E-state index contributed by atoms with van der Waals surface area (Å²) in [5, 5.41) is 9.38. The Morgan fingerprint density at radius 3 is 2.46 bits per heavy atom. The average molecular weight is 578 g/mol. The van der Waals surface area contributed by atoms with Crippen LogP contribution in [0, 0.1) is 6.92 Å². The molecule has 11 nitrogen and oxygen atoms in total. The maximum Gasteiger partial charge on any atom is 0.249 e. The summed E-state index contributed by atoms with van der Waals surface area (Å²) < 4.78 is 40.9. The summed E-state index contributed by atoms with van der Waals surface area (Å²) in [6, 6.07) is 11.7. The van der Waals surface area contributed by atoms with Gasteiger partial charge in [0, 0.05) is 43.4 Å². The van der Waals surface area contributed by atoms with Gasteiger partial charge in [-0.2, -0.15) is 10.2 Å². The Labute approximate surface area is 240 Å². The smallest absolute Gasteiger partial charge is 0.249 e. The molecule has 0 bridgehead atoms. The van der Waals surface area contributed by atoms with Crippen molar-refractivity contribution in [2.45, 2.75) is 62.9 Å². The lowest BCUT2D eigenvalue weighted by Crippen LogP contribution is -2.24. The van der Waals surface area contributed by atoms with E-state index in [0.29, 0.717) is 36.2 Å². The Morgan fingerprint density at radius 2 is 1.85 bits per heavy atom. The molecule has 3 aromatic heterocycles. The summed E-state index contributed by atoms with van der Waals surface area (Å²) in [4.78, 5) is 11.3. The van der Waals surface area contributed by atoms with Gasteiger partial charge in [-0.1, -0.05) is 12.1 Å². The minimum Gasteiger partial charge on any atom is -0.497 e. The Hall–Kier alpha value is -3.77. The number of anilines is 2. The largest absolute Gasteiger partial charge is 0.497 e. The lowest BCUT2D eigenvalue weighted by Gasteiger charge is -2.26. The summed E-state index contributed by atoms with van der Waals surface area (Å²) >= 11 is 0. The molecule has 1 aromatic carbocycles. The Bertz CT molecular complexity index is 1650. The molecule has 0 N–H and O–H groups in total. The SMILES string of the molecule is COc1ccc(CN(c2cc(C)n(C3CCCCO3)n2)c2nc(S(C)(=O)=O)nc(-c3ccn(C)n3)c2C2CC2)cc1. The van der Waals surface area contributed by atoms with Crippen LogP contribution >= 0.6 is 0 Å². The molecule has 1 aliphatic heterocycles. The van der Waals surface area contributed by atoms with Crippen LogP contribution in [0.3, 0.4) is 0 Å². The molecule has 12 heteroatoms. The quantitative estimate of drug-likeness (QED) is 0.261. The molecule has 1 unspecified atom stereocenters. The minimum atomic E-state index is -3.73. The third-order valence-electron chi connectivity index (χ3n) is 7.55. The maximum absolute atomic E-state index is 12.9. The first kappa shape index (κ1) is 27.4. The second-order valence-electron chi connectivity index (χ2n) is 10.9. The number of hydrogen-bond acceptors (Lipinski definition) is 9. The van der Waals surface area contributed by atoms with Gasteiger partial charge in [-0.05, 0) is 68.7 Å². The van der Waals surface area contributed by atoms with E-state index in [9.17, 15) is 8.42 Å². The van der Waals surface area contributed by atoms with Gasteiger partial charge in [0.25, 0.3) is 0 Å². The minimum absolute atomic E-state index is 0.135. The molecule has 1 atom stereocenters. The molecule has 0 amide bonds. The van der Waals surface area contributed by atoms with E-state index >= 15 is 0 Å². The van der Waals surface area contributed by atoms with Crippen LogP contribution in [0.2, 0.25) is 0 Å². The second-order valence-corrected chi connectivity index (χ2v) is 12.8. The highest BCUT2D eigenvalue weighted by Gasteiger charge is 2.36. The fraction of sp³-hybridized carbons (Fsp3) is 0.448. The van der Waals surface area contributed by atoms with Crippen LogP contribution in [0.5, 0.6) is 5.75 Å². The van der Waals surface area contributed by atoms with Crippen molar-refractivity contribution in [1.29, 1.82) is 0 Å². The van der Waals surface area contributed by atoms with E-state index in [2.05, 4.69) is 10.1 Å². The van der Waals surface area contributed by atoms with Crippen molar-refractivity contribution in [3.8, 4) is 17.1 Å². The standard InChI is InChI=1S/C29H35N7O4S/c1-19-17-24(33-36(19)25-7-5-6-16-40-25)35(18-20-8-12-22(39-3)13-9-20)28-26(21-10-11-21)27(23-14-15-34(2)32-23)30-29(31-28)41(4,37)38/h8-9,12-15,17,21,25H,5-7,10-11,16,18H2,1-4H3. The molecule has 0 radical (unpaired) electrons. The summed E-state index contributed by atoms with van der Waals surface area (Å²) in [5.74, 6) is 2.15. The van der Waals surface area contributed by atoms with E-state index < -0.39 is 9.84 Å². The monoisotopic (exact) mass is 577 g/mol. The van der Waals surface area contributed by atoms with Gasteiger partial charge in [0.15, 0.2) is 12.0 Å². The van der Waals surface area contributed by atoms with Crippen molar-refractivity contribution in [2.24, 2.45) is 7.05 Å². The van der Waals surface area contributed by atoms with E-state index in [1.165, 1.54) is 0 Å². The number of ether oxygens (including phenoxy) is 2. The molecule has 2 fully saturated rings. The molecule has 0 spiro atoms. The van der Waals surface area contributed by atoms with E-state index in [4.69, 9.17) is 19.6 Å². The predicted octanol–water partition coefficient (Wildman–Crippen LogP) is 4.71. The van der Waals surface area contributed by atoms with Gasteiger partial charge < -0.3 is 14.4 Å². The Morgan fingerprint density at radius 1 is 1.07 bits per heavy atom. The van der Waals surface area contributed by atoms with Crippen molar-refractivity contribution in [2.75, 3.05) is 24.9 Å². The van der Waals surface area contributed by atoms with Crippen molar-refractivity contribution < 1.29 is 17.9 Å². The van der Waals surface area contributed by atoms with Gasteiger partial charge in [0.05, 0.1) is 13.7 Å². The number of hydrogen-bond donors (Lipinski definition) is 0. The number of methoxy groups -OCH3 is 1. The molecule has 4 heterocycles. The number of aryl methyl sites for hydroxylation is 2. The molecule has 1 saturated heterocycles. The van der Waals surface area contributed by atoms with Gasteiger partial charge in [0.1, 0.15) is 23.0 Å². The highest BCUT2D eigenvalue weighted by atomic mass is 32.2. The summed E-state index contributed by atoms with van der Waals surface area (Å²) in [5.41, 5.74) is 4.01. The molecule has 41 heavy (non-hydrogen) atoms. The van der Waals surface area contributed by atoms with Crippen LogP contribution < -0.4 is 9.64 Å². The van der Waals surface area contributed by atoms with Crippen LogP contribution in [-0.2, 0) is 28.2 Å².